The topological polar surface area (TPSA) is 59.4 Å². The van der Waals surface area contributed by atoms with Crippen LogP contribution in [0.2, 0.25) is 10.0 Å². The molecule has 5 nitrogen and oxygen atoms in total. The Bertz CT molecular complexity index is 935. The molecule has 1 aromatic carbocycles. The first kappa shape index (κ1) is 20.6. The molecule has 0 N–H and O–H groups in total. The predicted octanol–water partition coefficient (Wildman–Crippen LogP) is 4.37. The fourth-order valence-electron chi connectivity index (χ4n) is 3.69. The monoisotopic (exact) mass is 420 g/mol. The van der Waals surface area contributed by atoms with Crippen LogP contribution in [0.3, 0.4) is 0 Å². The van der Waals surface area contributed by atoms with Gasteiger partial charge in [-0.15, -0.1) is 0 Å². The smallest absolute Gasteiger partial charge is 0.253 e. The summed E-state index contributed by atoms with van der Waals surface area (Å²) in [6.45, 7) is 0. The Hall–Kier alpha value is -2.11. The Morgan fingerprint density at radius 1 is 1.11 bits per heavy atom. The lowest BCUT2D eigenvalue weighted by molar-refractivity contribution is -0.134. The van der Waals surface area contributed by atoms with Gasteiger partial charge in [0.1, 0.15) is 0 Å². The van der Waals surface area contributed by atoms with Crippen molar-refractivity contribution < 1.29 is 9.59 Å². The van der Waals surface area contributed by atoms with Crippen LogP contribution in [0.15, 0.2) is 47.4 Å². The van der Waals surface area contributed by atoms with E-state index in [4.69, 9.17) is 23.2 Å². The maximum atomic E-state index is 13.4. The minimum absolute atomic E-state index is 0.0609. The van der Waals surface area contributed by atoms with Gasteiger partial charge in [-0.25, -0.2) is 0 Å². The van der Waals surface area contributed by atoms with Gasteiger partial charge in [-0.3, -0.25) is 19.0 Å². The van der Waals surface area contributed by atoms with Crippen LogP contribution >= 0.6 is 23.2 Å². The van der Waals surface area contributed by atoms with E-state index in [1.54, 1.807) is 30.1 Å². The van der Waals surface area contributed by atoms with Crippen molar-refractivity contribution in [2.45, 2.75) is 44.2 Å². The van der Waals surface area contributed by atoms with E-state index in [0.717, 1.165) is 32.1 Å². The van der Waals surface area contributed by atoms with Crippen LogP contribution in [0.25, 0.3) is 0 Å². The largest absolute Gasteiger partial charge is 0.341 e. The molecule has 1 atom stereocenters. The molecule has 0 bridgehead atoms. The fourth-order valence-corrected chi connectivity index (χ4v) is 4.07. The van der Waals surface area contributed by atoms with Gasteiger partial charge in [-0.05, 0) is 37.1 Å². The van der Waals surface area contributed by atoms with Gasteiger partial charge < -0.3 is 4.90 Å². The summed E-state index contributed by atoms with van der Waals surface area (Å²) in [4.78, 5) is 40.8. The lowest BCUT2D eigenvalue weighted by Gasteiger charge is -2.33. The molecular formula is C21H22Cl2N2O3. The summed E-state index contributed by atoms with van der Waals surface area (Å²) in [6.07, 6.45) is 6.49. The van der Waals surface area contributed by atoms with Gasteiger partial charge in [0, 0.05) is 35.9 Å². The average molecular weight is 421 g/mol. The van der Waals surface area contributed by atoms with E-state index in [1.807, 2.05) is 0 Å². The molecule has 0 radical (unpaired) electrons. The number of ketones is 1. The SMILES string of the molecule is CN(C(=O)C(C(=O)c1cc(Cl)ccc1Cl)n1ccccc1=O)C1CCCCC1. The van der Waals surface area contributed by atoms with Crippen molar-refractivity contribution in [3.05, 3.63) is 68.6 Å². The van der Waals surface area contributed by atoms with Crippen molar-refractivity contribution in [1.82, 2.24) is 9.47 Å². The van der Waals surface area contributed by atoms with Crippen molar-refractivity contribution in [2.24, 2.45) is 0 Å². The fraction of sp³-hybridized carbons (Fsp3) is 0.381. The quantitative estimate of drug-likeness (QED) is 0.532. The minimum Gasteiger partial charge on any atom is -0.341 e. The summed E-state index contributed by atoms with van der Waals surface area (Å²) in [5, 5.41) is 0.525. The third kappa shape index (κ3) is 4.31. The van der Waals surface area contributed by atoms with E-state index < -0.39 is 23.3 Å². The zero-order valence-corrected chi connectivity index (χ0v) is 17.1. The number of carbonyl (C=O) groups is 2. The molecule has 1 heterocycles. The van der Waals surface area contributed by atoms with E-state index in [0.29, 0.717) is 5.02 Å². The Kier molecular flexibility index (Phi) is 6.57. The number of nitrogens with zero attached hydrogens (tertiary/aromatic N) is 2. The minimum atomic E-state index is -1.32. The molecule has 0 aliphatic heterocycles. The number of pyridine rings is 1. The second-order valence-corrected chi connectivity index (χ2v) is 7.92. The average Bonchev–Trinajstić information content (AvgIpc) is 2.71. The van der Waals surface area contributed by atoms with Crippen molar-refractivity contribution in [2.75, 3.05) is 7.05 Å². The zero-order chi connectivity index (χ0) is 20.3. The molecule has 1 aliphatic carbocycles. The second kappa shape index (κ2) is 8.93. The summed E-state index contributed by atoms with van der Waals surface area (Å²) in [7, 11) is 1.70. The van der Waals surface area contributed by atoms with Crippen LogP contribution in [0, 0.1) is 0 Å². The van der Waals surface area contributed by atoms with Crippen molar-refractivity contribution in [3.8, 4) is 0 Å². The van der Waals surface area contributed by atoms with Crippen molar-refractivity contribution in [3.63, 3.8) is 0 Å². The first-order valence-electron chi connectivity index (χ1n) is 9.33. The van der Waals surface area contributed by atoms with E-state index in [9.17, 15) is 14.4 Å². The van der Waals surface area contributed by atoms with Gasteiger partial charge >= 0.3 is 0 Å². The molecule has 0 saturated heterocycles. The van der Waals surface area contributed by atoms with Crippen molar-refractivity contribution >= 4 is 34.9 Å². The number of halogens is 2. The summed E-state index contributed by atoms with van der Waals surface area (Å²) in [5.41, 5.74) is -0.301. The number of rotatable bonds is 5. The number of carbonyl (C=O) groups excluding carboxylic acids is 2. The van der Waals surface area contributed by atoms with E-state index in [-0.39, 0.29) is 16.6 Å². The lowest BCUT2D eigenvalue weighted by Crippen LogP contribution is -2.46. The van der Waals surface area contributed by atoms with Crippen LogP contribution in [0.5, 0.6) is 0 Å². The number of Topliss-reactive ketones (excluding diaryl/α,β-unsaturated/α-hetero) is 1. The van der Waals surface area contributed by atoms with Crippen LogP contribution in [-0.4, -0.2) is 34.2 Å². The van der Waals surface area contributed by atoms with Gasteiger partial charge in [-0.1, -0.05) is 48.5 Å². The third-order valence-electron chi connectivity index (χ3n) is 5.28. The number of hydrogen-bond donors (Lipinski definition) is 0. The summed E-state index contributed by atoms with van der Waals surface area (Å²) in [6, 6.07) is 7.77. The Balaban J connectivity index is 2.03. The molecule has 3 rings (SSSR count). The van der Waals surface area contributed by atoms with E-state index >= 15 is 0 Å². The number of amides is 1. The molecule has 1 saturated carbocycles. The third-order valence-corrected chi connectivity index (χ3v) is 5.84. The number of likely N-dealkylation sites (N-methyl/N-ethyl adjacent to an activating group) is 1. The zero-order valence-electron chi connectivity index (χ0n) is 15.6. The second-order valence-electron chi connectivity index (χ2n) is 7.08. The number of aromatic nitrogens is 1. The molecule has 7 heteroatoms. The highest BCUT2D eigenvalue weighted by atomic mass is 35.5. The van der Waals surface area contributed by atoms with Crippen molar-refractivity contribution in [1.29, 1.82) is 0 Å². The Labute approximate surface area is 173 Å². The molecule has 28 heavy (non-hydrogen) atoms. The number of hydrogen-bond acceptors (Lipinski definition) is 3. The van der Waals surface area contributed by atoms with E-state index in [2.05, 4.69) is 0 Å². The molecular weight excluding hydrogens is 399 g/mol. The Morgan fingerprint density at radius 2 is 1.82 bits per heavy atom. The van der Waals surface area contributed by atoms with Crippen LogP contribution < -0.4 is 5.56 Å². The highest BCUT2D eigenvalue weighted by Crippen LogP contribution is 2.28. The molecule has 0 spiro atoms. The summed E-state index contributed by atoms with van der Waals surface area (Å²) >= 11 is 12.2. The summed E-state index contributed by atoms with van der Waals surface area (Å²) in [5.74, 6) is -0.963. The molecule has 1 aliphatic rings. The Morgan fingerprint density at radius 3 is 2.50 bits per heavy atom. The first-order valence-corrected chi connectivity index (χ1v) is 10.1. The molecule has 148 valence electrons. The molecule has 1 amide bonds. The van der Waals surface area contributed by atoms with Gasteiger partial charge in [0.15, 0.2) is 11.8 Å². The normalized spacial score (nSPS) is 15.8. The van der Waals surface area contributed by atoms with Gasteiger partial charge in [0.25, 0.3) is 11.5 Å². The summed E-state index contributed by atoms with van der Waals surface area (Å²) < 4.78 is 1.17. The molecule has 2 aromatic rings. The molecule has 1 fully saturated rings. The lowest BCUT2D eigenvalue weighted by atomic mass is 9.93. The predicted molar refractivity (Wildman–Crippen MR) is 110 cm³/mol. The van der Waals surface area contributed by atoms with Gasteiger partial charge in [0.2, 0.25) is 0 Å². The van der Waals surface area contributed by atoms with E-state index in [1.165, 1.54) is 29.0 Å². The highest BCUT2D eigenvalue weighted by Gasteiger charge is 2.36. The first-order chi connectivity index (χ1) is 13.4. The maximum absolute atomic E-state index is 13.4. The molecule has 1 aromatic heterocycles. The maximum Gasteiger partial charge on any atom is 0.253 e. The van der Waals surface area contributed by atoms with Gasteiger partial charge in [-0.2, -0.15) is 0 Å². The highest BCUT2D eigenvalue weighted by molar-refractivity contribution is 6.36. The van der Waals surface area contributed by atoms with Crippen LogP contribution in [-0.2, 0) is 4.79 Å². The van der Waals surface area contributed by atoms with Gasteiger partial charge in [0.05, 0.1) is 5.02 Å². The van der Waals surface area contributed by atoms with Crippen LogP contribution in [0.1, 0.15) is 48.5 Å². The van der Waals surface area contributed by atoms with Crippen LogP contribution in [0.4, 0.5) is 0 Å². The molecule has 1 unspecified atom stereocenters. The number of benzene rings is 1. The standard InChI is InChI=1S/C21H22Cl2N2O3/c1-24(15-7-3-2-4-8-15)21(28)19(25-12-6-5-9-18(25)26)20(27)16-13-14(22)10-11-17(16)23/h5-6,9-13,15,19H,2-4,7-8H2,1H3.